The lowest BCUT2D eigenvalue weighted by Crippen LogP contribution is -2.25. The van der Waals surface area contributed by atoms with Crippen molar-refractivity contribution in [2.75, 3.05) is 17.7 Å². The fourth-order valence-corrected chi connectivity index (χ4v) is 5.26. The smallest absolute Gasteiger partial charge is 0.250 e. The van der Waals surface area contributed by atoms with E-state index in [-0.39, 0.29) is 51.7 Å². The zero-order valence-corrected chi connectivity index (χ0v) is 21.1. The van der Waals surface area contributed by atoms with Crippen LogP contribution in [0.15, 0.2) is 59.5 Å². The Hall–Kier alpha value is -4.31. The molecule has 37 heavy (non-hydrogen) atoms. The van der Waals surface area contributed by atoms with Crippen molar-refractivity contribution in [2.24, 2.45) is 5.73 Å². The van der Waals surface area contributed by atoms with Crippen LogP contribution in [-0.2, 0) is 14.6 Å². The van der Waals surface area contributed by atoms with Gasteiger partial charge in [-0.05, 0) is 42.0 Å². The molecule has 10 heteroatoms. The molecule has 0 saturated carbocycles. The first-order chi connectivity index (χ1) is 17.5. The van der Waals surface area contributed by atoms with Crippen molar-refractivity contribution >= 4 is 44.6 Å². The number of benzene rings is 3. The molecule has 1 aliphatic heterocycles. The lowest BCUT2D eigenvalue weighted by molar-refractivity contribution is -0.117. The summed E-state index contributed by atoms with van der Waals surface area (Å²) in [5.74, 6) is 1.68. The lowest BCUT2D eigenvalue weighted by atomic mass is 9.96. The standard InChI is InChI=1S/C27H20ClN3O5S/c1-4-16-8-9-17(12-23(16)36-26-21(28)6-5-7-22(26)30-2)18-13-25(32)31(15-18)19-10-11-24(37(3,34)35)20(14-19)27(29)33/h1,5-12,14,18H,13,15H2,3H3,(H2,29,33)/t18-/m0/s1. The average Bonchev–Trinajstić information content (AvgIpc) is 3.25. The second-order valence-electron chi connectivity index (χ2n) is 8.42. The minimum Gasteiger partial charge on any atom is -0.466 e. The summed E-state index contributed by atoms with van der Waals surface area (Å²) in [7, 11) is -3.69. The molecular weight excluding hydrogens is 514 g/mol. The van der Waals surface area contributed by atoms with Gasteiger partial charge in [0.05, 0.1) is 27.6 Å². The maximum absolute atomic E-state index is 12.9. The molecule has 1 heterocycles. The third-order valence-corrected chi connectivity index (χ3v) is 7.43. The summed E-state index contributed by atoms with van der Waals surface area (Å²) >= 11 is 6.26. The van der Waals surface area contributed by atoms with Crippen LogP contribution in [0.2, 0.25) is 5.02 Å². The number of para-hydroxylation sites is 1. The number of hydrogen-bond acceptors (Lipinski definition) is 5. The molecule has 3 aromatic rings. The van der Waals surface area contributed by atoms with E-state index < -0.39 is 15.7 Å². The Balaban J connectivity index is 1.67. The molecule has 1 atom stereocenters. The third kappa shape index (κ3) is 5.14. The van der Waals surface area contributed by atoms with E-state index in [9.17, 15) is 18.0 Å². The molecule has 0 bridgehead atoms. The number of hydrogen-bond donors (Lipinski definition) is 1. The van der Waals surface area contributed by atoms with E-state index in [2.05, 4.69) is 10.8 Å². The number of amides is 2. The van der Waals surface area contributed by atoms with Gasteiger partial charge >= 0.3 is 0 Å². The summed E-state index contributed by atoms with van der Waals surface area (Å²) in [5.41, 5.74) is 7.03. The normalized spacial score (nSPS) is 15.2. The average molecular weight is 534 g/mol. The Morgan fingerprint density at radius 1 is 1.24 bits per heavy atom. The van der Waals surface area contributed by atoms with E-state index >= 15 is 0 Å². The van der Waals surface area contributed by atoms with Gasteiger partial charge < -0.3 is 15.4 Å². The van der Waals surface area contributed by atoms with Crippen LogP contribution in [0.1, 0.15) is 33.8 Å². The van der Waals surface area contributed by atoms with Crippen LogP contribution in [0.3, 0.4) is 0 Å². The molecular formula is C27H20ClN3O5S. The quantitative estimate of drug-likeness (QED) is 0.365. The van der Waals surface area contributed by atoms with Crippen LogP contribution < -0.4 is 15.4 Å². The summed E-state index contributed by atoms with van der Waals surface area (Å²) in [5, 5.41) is 0.256. The van der Waals surface area contributed by atoms with Crippen LogP contribution in [0.5, 0.6) is 11.5 Å². The molecule has 186 valence electrons. The number of carbonyl (C=O) groups is 2. The van der Waals surface area contributed by atoms with Crippen molar-refractivity contribution in [2.45, 2.75) is 17.2 Å². The molecule has 0 radical (unpaired) electrons. The van der Waals surface area contributed by atoms with Gasteiger partial charge in [-0.2, -0.15) is 0 Å². The lowest BCUT2D eigenvalue weighted by Gasteiger charge is -2.19. The molecule has 1 saturated heterocycles. The predicted octanol–water partition coefficient (Wildman–Crippen LogP) is 4.69. The zero-order chi connectivity index (χ0) is 26.9. The van der Waals surface area contributed by atoms with Crippen molar-refractivity contribution in [3.63, 3.8) is 0 Å². The van der Waals surface area contributed by atoms with Gasteiger partial charge in [-0.25, -0.2) is 13.3 Å². The van der Waals surface area contributed by atoms with E-state index in [0.717, 1.165) is 11.8 Å². The van der Waals surface area contributed by atoms with Crippen LogP contribution in [0, 0.1) is 18.9 Å². The number of carbonyl (C=O) groups excluding carboxylic acids is 2. The second kappa shape index (κ2) is 9.98. The first kappa shape index (κ1) is 25.8. The number of primary amides is 1. The molecule has 2 N–H and O–H groups in total. The van der Waals surface area contributed by atoms with E-state index in [1.54, 1.807) is 36.4 Å². The summed E-state index contributed by atoms with van der Waals surface area (Å²) in [4.78, 5) is 29.6. The van der Waals surface area contributed by atoms with Crippen LogP contribution in [0.4, 0.5) is 11.4 Å². The minimum absolute atomic E-state index is 0.161. The van der Waals surface area contributed by atoms with Gasteiger partial charge in [0.2, 0.25) is 17.5 Å². The molecule has 4 rings (SSSR count). The number of ether oxygens (including phenoxy) is 1. The van der Waals surface area contributed by atoms with Crippen molar-refractivity contribution < 1.29 is 22.7 Å². The molecule has 1 fully saturated rings. The first-order valence-electron chi connectivity index (χ1n) is 10.9. The maximum Gasteiger partial charge on any atom is 0.250 e. The molecule has 1 aliphatic rings. The van der Waals surface area contributed by atoms with Gasteiger partial charge in [0, 0.05) is 30.8 Å². The monoisotopic (exact) mass is 533 g/mol. The number of nitrogens with zero attached hydrogens (tertiary/aromatic N) is 2. The number of nitrogens with two attached hydrogens (primary N) is 1. The van der Waals surface area contributed by atoms with Crippen molar-refractivity contribution in [1.82, 2.24) is 0 Å². The van der Waals surface area contributed by atoms with E-state index in [0.29, 0.717) is 17.0 Å². The molecule has 0 aromatic heterocycles. The molecule has 2 amide bonds. The Bertz CT molecular complexity index is 1640. The topological polar surface area (TPSA) is 111 Å². The highest BCUT2D eigenvalue weighted by Gasteiger charge is 2.33. The Kier molecular flexibility index (Phi) is 6.95. The van der Waals surface area contributed by atoms with Gasteiger partial charge in [-0.1, -0.05) is 35.7 Å². The molecule has 0 aliphatic carbocycles. The summed E-state index contributed by atoms with van der Waals surface area (Å²) in [6.45, 7) is 7.65. The number of rotatable bonds is 6. The van der Waals surface area contributed by atoms with Crippen LogP contribution in [-0.4, -0.2) is 33.0 Å². The van der Waals surface area contributed by atoms with Gasteiger partial charge in [-0.3, -0.25) is 9.59 Å². The highest BCUT2D eigenvalue weighted by atomic mass is 35.5. The highest BCUT2D eigenvalue weighted by Crippen LogP contribution is 2.41. The summed E-state index contributed by atoms with van der Waals surface area (Å²) in [6.07, 6.45) is 6.79. The minimum atomic E-state index is -3.69. The molecule has 8 nitrogen and oxygen atoms in total. The largest absolute Gasteiger partial charge is 0.466 e. The fourth-order valence-electron chi connectivity index (χ4n) is 4.18. The summed E-state index contributed by atoms with van der Waals surface area (Å²) < 4.78 is 30.0. The van der Waals surface area contributed by atoms with Crippen molar-refractivity contribution in [1.29, 1.82) is 0 Å². The van der Waals surface area contributed by atoms with Crippen LogP contribution in [0.25, 0.3) is 4.85 Å². The number of sulfone groups is 1. The second-order valence-corrected chi connectivity index (χ2v) is 10.8. The highest BCUT2D eigenvalue weighted by molar-refractivity contribution is 7.90. The van der Waals surface area contributed by atoms with Gasteiger partial charge in [0.1, 0.15) is 5.75 Å². The third-order valence-electron chi connectivity index (χ3n) is 5.98. The van der Waals surface area contributed by atoms with Crippen molar-refractivity contribution in [3.8, 4) is 23.8 Å². The molecule has 0 spiro atoms. The van der Waals surface area contributed by atoms with Crippen LogP contribution >= 0.6 is 11.6 Å². The Labute approximate surface area is 219 Å². The maximum atomic E-state index is 12.9. The summed E-state index contributed by atoms with van der Waals surface area (Å²) in [6, 6.07) is 14.1. The molecule has 0 unspecified atom stereocenters. The van der Waals surface area contributed by atoms with Gasteiger partial charge in [0.25, 0.3) is 0 Å². The van der Waals surface area contributed by atoms with Gasteiger partial charge in [-0.15, -0.1) is 6.42 Å². The van der Waals surface area contributed by atoms with E-state index in [1.807, 2.05) is 0 Å². The van der Waals surface area contributed by atoms with E-state index in [4.69, 9.17) is 35.1 Å². The number of terminal acetylenes is 1. The predicted molar refractivity (Wildman–Crippen MR) is 140 cm³/mol. The fraction of sp³-hybridized carbons (Fsp3) is 0.148. The first-order valence-corrected chi connectivity index (χ1v) is 13.2. The Morgan fingerprint density at radius 2 is 2.00 bits per heavy atom. The Morgan fingerprint density at radius 3 is 2.65 bits per heavy atom. The van der Waals surface area contributed by atoms with Gasteiger partial charge in [0.15, 0.2) is 15.6 Å². The zero-order valence-electron chi connectivity index (χ0n) is 19.6. The molecule has 3 aromatic carbocycles. The number of halogens is 1. The number of anilines is 1. The van der Waals surface area contributed by atoms with E-state index in [1.165, 1.54) is 23.1 Å². The van der Waals surface area contributed by atoms with Crippen molar-refractivity contribution in [3.05, 3.63) is 87.7 Å². The SMILES string of the molecule is [C-]#[N+]c1cccc(Cl)c1Oc1cc([C@H]2CC(=O)N(c3ccc(S(C)(=O)=O)c(C(N)=O)c3)C2)ccc1C#C.